The van der Waals surface area contributed by atoms with Crippen LogP contribution < -0.4 is 4.74 Å². The number of carboxylic acid groups (broad SMARTS) is 1. The number of unbranched alkanes of at least 4 members (excludes halogenated alkanes) is 2. The molecular weight excluding hydrogens is 363 g/mol. The van der Waals surface area contributed by atoms with Crippen molar-refractivity contribution < 1.29 is 23.1 Å². The lowest BCUT2D eigenvalue weighted by Gasteiger charge is -2.10. The average Bonchev–Trinajstić information content (AvgIpc) is 2.36. The zero-order chi connectivity index (χ0) is 16.0. The maximum Gasteiger partial charge on any atom is 0.303 e. The van der Waals surface area contributed by atoms with Gasteiger partial charge in [0.05, 0.1) is 11.6 Å². The number of ether oxygens (including phenoxy) is 1. The minimum atomic E-state index is -3.97. The number of hydrogen-bond acceptors (Lipinski definition) is 4. The summed E-state index contributed by atoms with van der Waals surface area (Å²) in [5, 5.41) is 8.27. The second kappa shape index (κ2) is 8.08. The van der Waals surface area contributed by atoms with Crippen LogP contribution in [0.15, 0.2) is 17.0 Å². The molecule has 1 aromatic rings. The predicted molar refractivity (Wildman–Crippen MR) is 81.1 cm³/mol. The standard InChI is InChI=1S/C12H13Cl3O5S/c13-11-8(20-7-3-1-2-4-10(16)17)5-6-9(12(11)14)21(15,18)19/h5-6H,1-4,7H2,(H,16,17). The van der Waals surface area contributed by atoms with Crippen LogP contribution in [0.5, 0.6) is 5.75 Å². The second-order valence-corrected chi connectivity index (χ2v) is 7.47. The molecule has 0 saturated carbocycles. The van der Waals surface area contributed by atoms with E-state index in [-0.39, 0.29) is 27.1 Å². The van der Waals surface area contributed by atoms with E-state index in [1.807, 2.05) is 0 Å². The van der Waals surface area contributed by atoms with Crippen molar-refractivity contribution in [1.82, 2.24) is 0 Å². The van der Waals surface area contributed by atoms with Gasteiger partial charge in [-0.2, -0.15) is 0 Å². The minimum Gasteiger partial charge on any atom is -0.492 e. The number of hydrogen-bond donors (Lipinski definition) is 1. The van der Waals surface area contributed by atoms with E-state index in [4.69, 9.17) is 43.7 Å². The number of carboxylic acids is 1. The normalized spacial score (nSPS) is 11.4. The van der Waals surface area contributed by atoms with Gasteiger partial charge in [-0.1, -0.05) is 23.2 Å². The van der Waals surface area contributed by atoms with Crippen LogP contribution in [0.1, 0.15) is 25.7 Å². The van der Waals surface area contributed by atoms with Gasteiger partial charge < -0.3 is 9.84 Å². The van der Waals surface area contributed by atoms with Crippen molar-refractivity contribution >= 4 is 48.9 Å². The van der Waals surface area contributed by atoms with Gasteiger partial charge in [-0.25, -0.2) is 8.42 Å². The van der Waals surface area contributed by atoms with E-state index in [0.29, 0.717) is 25.9 Å². The van der Waals surface area contributed by atoms with Crippen molar-refractivity contribution in [3.05, 3.63) is 22.2 Å². The van der Waals surface area contributed by atoms with Gasteiger partial charge in [0.25, 0.3) is 9.05 Å². The summed E-state index contributed by atoms with van der Waals surface area (Å²) in [6.07, 6.45) is 2.04. The van der Waals surface area contributed by atoms with Gasteiger partial charge in [-0.3, -0.25) is 4.79 Å². The molecular formula is C12H13Cl3O5S. The third-order valence-electron chi connectivity index (χ3n) is 2.57. The lowest BCUT2D eigenvalue weighted by atomic mass is 10.2. The van der Waals surface area contributed by atoms with Crippen LogP contribution in [-0.2, 0) is 13.8 Å². The molecule has 0 unspecified atom stereocenters. The third kappa shape index (κ3) is 5.90. The first-order valence-corrected chi connectivity index (χ1v) is 9.07. The van der Waals surface area contributed by atoms with Gasteiger partial charge in [-0.05, 0) is 31.4 Å². The van der Waals surface area contributed by atoms with Gasteiger partial charge in [-0.15, -0.1) is 0 Å². The molecule has 0 aliphatic carbocycles. The summed E-state index contributed by atoms with van der Waals surface area (Å²) in [6, 6.07) is 2.59. The molecule has 1 rings (SSSR count). The Bertz CT molecular complexity index is 616. The molecule has 1 N–H and O–H groups in total. The third-order valence-corrected chi connectivity index (χ3v) is 4.91. The molecule has 5 nitrogen and oxygen atoms in total. The quantitative estimate of drug-likeness (QED) is 0.550. The Balaban J connectivity index is 2.58. The molecule has 0 aromatic heterocycles. The largest absolute Gasteiger partial charge is 0.492 e. The zero-order valence-electron chi connectivity index (χ0n) is 10.8. The second-order valence-electron chi connectivity index (χ2n) is 4.18. The van der Waals surface area contributed by atoms with Crippen molar-refractivity contribution in [3.63, 3.8) is 0 Å². The molecule has 21 heavy (non-hydrogen) atoms. The molecule has 0 fully saturated rings. The topological polar surface area (TPSA) is 80.7 Å². The van der Waals surface area contributed by atoms with Crippen LogP contribution in [0, 0.1) is 0 Å². The Hall–Kier alpha value is -0.690. The lowest BCUT2D eigenvalue weighted by Crippen LogP contribution is -2.01. The molecule has 9 heteroatoms. The highest BCUT2D eigenvalue weighted by atomic mass is 35.7. The molecule has 0 saturated heterocycles. The molecule has 0 amide bonds. The fraction of sp³-hybridized carbons (Fsp3) is 0.417. The van der Waals surface area contributed by atoms with Gasteiger partial charge in [0.2, 0.25) is 0 Å². The summed E-state index contributed by atoms with van der Waals surface area (Å²) in [7, 11) is 1.25. The van der Waals surface area contributed by atoms with Gasteiger partial charge in [0.15, 0.2) is 0 Å². The fourth-order valence-corrected chi connectivity index (χ4v) is 3.34. The van der Waals surface area contributed by atoms with Crippen LogP contribution in [0.2, 0.25) is 10.0 Å². The summed E-state index contributed by atoms with van der Waals surface area (Å²) >= 11 is 11.8. The lowest BCUT2D eigenvalue weighted by molar-refractivity contribution is -0.137. The Labute approximate surface area is 137 Å². The van der Waals surface area contributed by atoms with E-state index in [1.165, 1.54) is 12.1 Å². The number of aliphatic carboxylic acids is 1. The predicted octanol–water partition coefficient (Wildman–Crippen LogP) is 3.94. The zero-order valence-corrected chi connectivity index (χ0v) is 13.9. The van der Waals surface area contributed by atoms with Crippen molar-refractivity contribution in [2.75, 3.05) is 6.61 Å². The number of carbonyl (C=O) groups is 1. The first-order valence-electron chi connectivity index (χ1n) is 6.00. The SMILES string of the molecule is O=C(O)CCCCCOc1ccc(S(=O)(=O)Cl)c(Cl)c1Cl. The maximum atomic E-state index is 11.2. The summed E-state index contributed by atoms with van der Waals surface area (Å²) in [5.41, 5.74) is 0. The molecule has 1 aromatic carbocycles. The van der Waals surface area contributed by atoms with Crippen LogP contribution in [0.25, 0.3) is 0 Å². The highest BCUT2D eigenvalue weighted by Crippen LogP contribution is 2.37. The number of halogens is 3. The van der Waals surface area contributed by atoms with Gasteiger partial charge >= 0.3 is 5.97 Å². The highest BCUT2D eigenvalue weighted by molar-refractivity contribution is 8.13. The Morgan fingerprint density at radius 1 is 1.14 bits per heavy atom. The summed E-state index contributed by atoms with van der Waals surface area (Å²) < 4.78 is 27.9. The van der Waals surface area contributed by atoms with E-state index in [1.54, 1.807) is 0 Å². The van der Waals surface area contributed by atoms with Gasteiger partial charge in [0, 0.05) is 17.1 Å². The molecule has 0 bridgehead atoms. The molecule has 0 radical (unpaired) electrons. The summed E-state index contributed by atoms with van der Waals surface area (Å²) in [4.78, 5) is 10.1. The van der Waals surface area contributed by atoms with E-state index in [9.17, 15) is 13.2 Å². The number of benzene rings is 1. The molecule has 0 aliphatic heterocycles. The summed E-state index contributed by atoms with van der Waals surface area (Å²) in [6.45, 7) is 0.322. The molecule has 118 valence electrons. The van der Waals surface area contributed by atoms with Crippen LogP contribution in [0.4, 0.5) is 0 Å². The van der Waals surface area contributed by atoms with Crippen LogP contribution in [0.3, 0.4) is 0 Å². The highest BCUT2D eigenvalue weighted by Gasteiger charge is 2.19. The molecule has 0 aliphatic rings. The van der Waals surface area contributed by atoms with Crippen LogP contribution >= 0.6 is 33.9 Å². The van der Waals surface area contributed by atoms with Crippen LogP contribution in [-0.4, -0.2) is 26.1 Å². The van der Waals surface area contributed by atoms with Crippen molar-refractivity contribution in [1.29, 1.82) is 0 Å². The smallest absolute Gasteiger partial charge is 0.303 e. The fourth-order valence-electron chi connectivity index (χ4n) is 1.55. The van der Waals surface area contributed by atoms with Crippen molar-refractivity contribution in [3.8, 4) is 5.75 Å². The molecule has 0 heterocycles. The first-order chi connectivity index (χ1) is 9.73. The maximum absolute atomic E-state index is 11.2. The van der Waals surface area contributed by atoms with Crippen molar-refractivity contribution in [2.45, 2.75) is 30.6 Å². The van der Waals surface area contributed by atoms with E-state index >= 15 is 0 Å². The number of rotatable bonds is 8. The Morgan fingerprint density at radius 3 is 2.38 bits per heavy atom. The minimum absolute atomic E-state index is 0.0241. The Kier molecular flexibility index (Phi) is 7.06. The molecule has 0 atom stereocenters. The van der Waals surface area contributed by atoms with Crippen molar-refractivity contribution in [2.24, 2.45) is 0 Å². The van der Waals surface area contributed by atoms with E-state index < -0.39 is 15.0 Å². The first kappa shape index (κ1) is 18.4. The molecule has 0 spiro atoms. The van der Waals surface area contributed by atoms with E-state index in [0.717, 1.165) is 0 Å². The van der Waals surface area contributed by atoms with Gasteiger partial charge in [0.1, 0.15) is 15.7 Å². The Morgan fingerprint density at radius 2 is 1.81 bits per heavy atom. The average molecular weight is 376 g/mol. The van der Waals surface area contributed by atoms with E-state index in [2.05, 4.69) is 0 Å². The monoisotopic (exact) mass is 374 g/mol. The summed E-state index contributed by atoms with van der Waals surface area (Å²) in [5.74, 6) is -0.576.